The number of amides is 1. The smallest absolute Gasteiger partial charge is 0.341 e. The van der Waals surface area contributed by atoms with Crippen LogP contribution in [0.25, 0.3) is 0 Å². The number of nitrogens with one attached hydrogen (secondary N) is 1. The van der Waals surface area contributed by atoms with E-state index in [1.165, 1.54) is 0 Å². The van der Waals surface area contributed by atoms with Crippen LogP contribution in [0.3, 0.4) is 0 Å². The van der Waals surface area contributed by atoms with Gasteiger partial charge in [-0.15, -0.1) is 0 Å². The molecule has 0 aromatic heterocycles. The summed E-state index contributed by atoms with van der Waals surface area (Å²) in [5, 5.41) is 11.6. The summed E-state index contributed by atoms with van der Waals surface area (Å²) >= 11 is 0. The Morgan fingerprint density at radius 3 is 2.66 bits per heavy atom. The molecule has 0 saturated carbocycles. The van der Waals surface area contributed by atoms with Gasteiger partial charge in [0.15, 0.2) is 6.61 Å². The zero-order valence-electron chi connectivity index (χ0n) is 16.3. The van der Waals surface area contributed by atoms with Gasteiger partial charge in [0, 0.05) is 24.5 Å². The van der Waals surface area contributed by atoms with Crippen LogP contribution in [0.2, 0.25) is 0 Å². The first-order valence-corrected chi connectivity index (χ1v) is 9.57. The van der Waals surface area contributed by atoms with E-state index in [4.69, 9.17) is 19.3 Å². The van der Waals surface area contributed by atoms with Crippen molar-refractivity contribution >= 4 is 17.6 Å². The van der Waals surface area contributed by atoms with Crippen LogP contribution in [0, 0.1) is 6.92 Å². The first-order chi connectivity index (χ1) is 14.0. The monoisotopic (exact) mass is 399 g/mol. The number of anilines is 1. The summed E-state index contributed by atoms with van der Waals surface area (Å²) in [6.45, 7) is 3.20. The highest BCUT2D eigenvalue weighted by Gasteiger charge is 2.17. The maximum Gasteiger partial charge on any atom is 0.341 e. The van der Waals surface area contributed by atoms with E-state index in [1.807, 2.05) is 25.1 Å². The Balaban J connectivity index is 1.65. The molecule has 0 radical (unpaired) electrons. The molecule has 1 aliphatic rings. The molecule has 0 unspecified atom stereocenters. The van der Waals surface area contributed by atoms with Gasteiger partial charge in [-0.05, 0) is 55.2 Å². The van der Waals surface area contributed by atoms with Gasteiger partial charge >= 0.3 is 5.97 Å². The highest BCUT2D eigenvalue weighted by atomic mass is 16.5. The van der Waals surface area contributed by atoms with Crippen LogP contribution in [0.1, 0.15) is 34.3 Å². The third-order valence-corrected chi connectivity index (χ3v) is 4.71. The van der Waals surface area contributed by atoms with E-state index in [1.54, 1.807) is 24.3 Å². The van der Waals surface area contributed by atoms with Crippen molar-refractivity contribution in [3.05, 3.63) is 59.2 Å². The Morgan fingerprint density at radius 1 is 1.17 bits per heavy atom. The lowest BCUT2D eigenvalue weighted by Gasteiger charge is -2.23. The summed E-state index contributed by atoms with van der Waals surface area (Å²) < 4.78 is 16.5. The first kappa shape index (κ1) is 20.8. The fraction of sp³-hybridized carbons (Fsp3) is 0.364. The molecule has 0 atom stereocenters. The van der Waals surface area contributed by atoms with Crippen LogP contribution in [0.4, 0.5) is 5.69 Å². The number of ether oxygens (including phenoxy) is 3. The second-order valence-corrected chi connectivity index (χ2v) is 6.89. The molecule has 29 heavy (non-hydrogen) atoms. The maximum absolute atomic E-state index is 12.8. The Kier molecular flexibility index (Phi) is 7.21. The molecule has 7 heteroatoms. The fourth-order valence-corrected chi connectivity index (χ4v) is 3.12. The van der Waals surface area contributed by atoms with Crippen molar-refractivity contribution in [3.8, 4) is 5.75 Å². The van der Waals surface area contributed by atoms with E-state index < -0.39 is 12.6 Å². The van der Waals surface area contributed by atoms with Gasteiger partial charge in [-0.25, -0.2) is 4.79 Å². The Hall–Kier alpha value is -2.90. The van der Waals surface area contributed by atoms with Crippen LogP contribution < -0.4 is 10.1 Å². The molecule has 0 aliphatic carbocycles. The second kappa shape index (κ2) is 10.0. The third kappa shape index (κ3) is 6.04. The van der Waals surface area contributed by atoms with Crippen molar-refractivity contribution in [1.29, 1.82) is 0 Å². The van der Waals surface area contributed by atoms with Crippen molar-refractivity contribution in [1.82, 2.24) is 0 Å². The minimum Gasteiger partial charge on any atom is -0.482 e. The minimum absolute atomic E-state index is 0.153. The quantitative estimate of drug-likeness (QED) is 0.707. The lowest BCUT2D eigenvalue weighted by Crippen LogP contribution is -2.24. The van der Waals surface area contributed by atoms with Crippen molar-refractivity contribution in [3.63, 3.8) is 0 Å². The molecule has 2 aromatic rings. The molecule has 3 rings (SSSR count). The van der Waals surface area contributed by atoms with E-state index in [-0.39, 0.29) is 12.0 Å². The summed E-state index contributed by atoms with van der Waals surface area (Å²) in [5.41, 5.74) is 2.80. The molecule has 2 aromatic carbocycles. The van der Waals surface area contributed by atoms with Gasteiger partial charge in [-0.3, -0.25) is 4.79 Å². The number of carboxylic acid groups (broad SMARTS) is 1. The standard InChI is InChI=1S/C22H25NO6/c1-15-12-18(29-14-21(24)25)6-7-20(15)23-22(26)19-5-3-2-4-16(19)13-28-17-8-10-27-11-9-17/h2-7,12,17H,8-11,13-14H2,1H3,(H,23,26)(H,24,25). The van der Waals surface area contributed by atoms with Gasteiger partial charge in [-0.1, -0.05) is 18.2 Å². The lowest BCUT2D eigenvalue weighted by atomic mass is 10.1. The first-order valence-electron chi connectivity index (χ1n) is 9.57. The largest absolute Gasteiger partial charge is 0.482 e. The normalized spacial score (nSPS) is 14.4. The van der Waals surface area contributed by atoms with Crippen LogP contribution in [-0.4, -0.2) is 42.9 Å². The van der Waals surface area contributed by atoms with E-state index >= 15 is 0 Å². The van der Waals surface area contributed by atoms with Gasteiger partial charge in [0.1, 0.15) is 5.75 Å². The van der Waals surface area contributed by atoms with Crippen LogP contribution in [-0.2, 0) is 20.9 Å². The fourth-order valence-electron chi connectivity index (χ4n) is 3.12. The van der Waals surface area contributed by atoms with Gasteiger partial charge in [0.05, 0.1) is 12.7 Å². The van der Waals surface area contributed by atoms with E-state index in [2.05, 4.69) is 5.32 Å². The van der Waals surface area contributed by atoms with Gasteiger partial charge in [0.25, 0.3) is 5.91 Å². The number of hydrogen-bond donors (Lipinski definition) is 2. The van der Waals surface area contributed by atoms with Gasteiger partial charge in [-0.2, -0.15) is 0 Å². The third-order valence-electron chi connectivity index (χ3n) is 4.71. The number of carboxylic acids is 1. The molecule has 1 heterocycles. The van der Waals surface area contributed by atoms with Crippen molar-refractivity contribution in [2.24, 2.45) is 0 Å². The lowest BCUT2D eigenvalue weighted by molar-refractivity contribution is -0.139. The molecule has 1 saturated heterocycles. The van der Waals surface area contributed by atoms with Crippen molar-refractivity contribution in [2.45, 2.75) is 32.5 Å². The van der Waals surface area contributed by atoms with Crippen LogP contribution in [0.5, 0.6) is 5.75 Å². The topological polar surface area (TPSA) is 94.1 Å². The van der Waals surface area contributed by atoms with Crippen LogP contribution >= 0.6 is 0 Å². The Bertz CT molecular complexity index is 860. The molecule has 2 N–H and O–H groups in total. The van der Waals surface area contributed by atoms with Crippen molar-refractivity contribution < 1.29 is 28.9 Å². The highest BCUT2D eigenvalue weighted by Crippen LogP contribution is 2.23. The highest BCUT2D eigenvalue weighted by molar-refractivity contribution is 6.05. The number of rotatable bonds is 8. The number of aliphatic carboxylic acids is 1. The molecule has 0 spiro atoms. The molecule has 0 bridgehead atoms. The molecule has 1 aliphatic heterocycles. The number of carbonyl (C=O) groups is 2. The minimum atomic E-state index is -1.04. The summed E-state index contributed by atoms with van der Waals surface area (Å²) in [7, 11) is 0. The van der Waals surface area contributed by atoms with Crippen molar-refractivity contribution in [2.75, 3.05) is 25.1 Å². The average Bonchev–Trinajstić information content (AvgIpc) is 2.73. The summed E-state index contributed by atoms with van der Waals surface area (Å²) in [6, 6.07) is 12.4. The second-order valence-electron chi connectivity index (χ2n) is 6.89. The SMILES string of the molecule is Cc1cc(OCC(=O)O)ccc1NC(=O)c1ccccc1COC1CCOCC1. The summed E-state index contributed by atoms with van der Waals surface area (Å²) in [4.78, 5) is 23.5. The molecular weight excluding hydrogens is 374 g/mol. The predicted molar refractivity (Wildman–Crippen MR) is 107 cm³/mol. The van der Waals surface area contributed by atoms with E-state index in [9.17, 15) is 9.59 Å². The molecule has 154 valence electrons. The van der Waals surface area contributed by atoms with Gasteiger partial charge in [0.2, 0.25) is 0 Å². The average molecular weight is 399 g/mol. The van der Waals surface area contributed by atoms with E-state index in [0.717, 1.165) is 24.0 Å². The Morgan fingerprint density at radius 2 is 1.93 bits per heavy atom. The molecule has 7 nitrogen and oxygen atoms in total. The maximum atomic E-state index is 12.8. The summed E-state index contributed by atoms with van der Waals surface area (Å²) in [6.07, 6.45) is 1.88. The number of carbonyl (C=O) groups excluding carboxylic acids is 1. The molecule has 1 fully saturated rings. The number of aryl methyl sites for hydroxylation is 1. The molecular formula is C22H25NO6. The number of benzene rings is 2. The zero-order valence-corrected chi connectivity index (χ0v) is 16.3. The Labute approximate surface area is 169 Å². The van der Waals surface area contributed by atoms with Gasteiger partial charge < -0.3 is 24.6 Å². The predicted octanol–water partition coefficient (Wildman–Crippen LogP) is 3.41. The van der Waals surface area contributed by atoms with Crippen LogP contribution in [0.15, 0.2) is 42.5 Å². The zero-order chi connectivity index (χ0) is 20.6. The summed E-state index contributed by atoms with van der Waals surface area (Å²) in [5.74, 6) is -0.828. The number of hydrogen-bond acceptors (Lipinski definition) is 5. The molecule has 1 amide bonds. The van der Waals surface area contributed by atoms with E-state index in [0.29, 0.717) is 36.8 Å².